The molecule has 0 spiro atoms. The Hall–Kier alpha value is -2.14. The molecule has 0 aliphatic carbocycles. The van der Waals surface area contributed by atoms with Crippen LogP contribution in [-0.2, 0) is 0 Å². The van der Waals surface area contributed by atoms with Crippen LogP contribution in [0.5, 0.6) is 5.75 Å². The normalized spacial score (nSPS) is 10.6. The van der Waals surface area contributed by atoms with E-state index in [1.54, 1.807) is 0 Å². The zero-order valence-corrected chi connectivity index (χ0v) is 12.9. The molecule has 1 heterocycles. The highest BCUT2D eigenvalue weighted by Crippen LogP contribution is 2.43. The molecular formula is C10H3Br2N3O6. The first-order chi connectivity index (χ1) is 9.79. The van der Waals surface area contributed by atoms with E-state index in [9.17, 15) is 29.7 Å². The van der Waals surface area contributed by atoms with Gasteiger partial charge in [0.25, 0.3) is 16.7 Å². The van der Waals surface area contributed by atoms with Gasteiger partial charge < -0.3 is 10.1 Å². The van der Waals surface area contributed by atoms with Crippen LogP contribution in [0.2, 0.25) is 0 Å². The van der Waals surface area contributed by atoms with Gasteiger partial charge in [0.05, 0.1) is 10.4 Å². The number of nitrogens with one attached hydrogen (secondary N) is 1. The number of benzene rings is 1. The average molecular weight is 421 g/mol. The number of aromatic hydroxyl groups is 1. The Morgan fingerprint density at radius 3 is 2.48 bits per heavy atom. The molecule has 2 rings (SSSR count). The monoisotopic (exact) mass is 419 g/mol. The zero-order valence-electron chi connectivity index (χ0n) is 9.72. The van der Waals surface area contributed by atoms with Gasteiger partial charge in [-0.25, -0.2) is 0 Å². The number of aromatic nitrogens is 1. The van der Waals surface area contributed by atoms with E-state index < -0.39 is 38.4 Å². The number of halogens is 2. The average Bonchev–Trinajstić information content (AvgIpc) is 2.49. The van der Waals surface area contributed by atoms with Crippen LogP contribution in [0.1, 0.15) is 0 Å². The lowest BCUT2D eigenvalue weighted by Crippen LogP contribution is -2.22. The molecule has 0 amide bonds. The van der Waals surface area contributed by atoms with E-state index in [4.69, 9.17) is 0 Å². The van der Waals surface area contributed by atoms with Crippen molar-refractivity contribution in [3.63, 3.8) is 0 Å². The van der Waals surface area contributed by atoms with Gasteiger partial charge in [-0.2, -0.15) is 0 Å². The molecule has 0 aliphatic heterocycles. The van der Waals surface area contributed by atoms with Crippen molar-refractivity contribution in [3.8, 4) is 5.75 Å². The molecule has 9 nitrogen and oxygen atoms in total. The maximum absolute atomic E-state index is 11.6. The van der Waals surface area contributed by atoms with E-state index in [1.807, 2.05) is 0 Å². The van der Waals surface area contributed by atoms with Crippen LogP contribution in [0.25, 0.3) is 10.9 Å². The predicted molar refractivity (Wildman–Crippen MR) is 80.0 cm³/mol. The summed E-state index contributed by atoms with van der Waals surface area (Å²) in [7, 11) is 0. The second kappa shape index (κ2) is 5.33. The number of aromatic amines is 1. The van der Waals surface area contributed by atoms with Gasteiger partial charge in [-0.1, -0.05) is 0 Å². The van der Waals surface area contributed by atoms with Gasteiger partial charge in [0.15, 0.2) is 5.75 Å². The zero-order chi connectivity index (χ0) is 15.9. The number of nitro groups is 1. The number of nitrogens with zero attached hydrogens (tertiary/aromatic N) is 2. The molecule has 0 radical (unpaired) electrons. The van der Waals surface area contributed by atoms with Gasteiger partial charge in [-0.05, 0) is 43.1 Å². The number of rotatable bonds is 2. The standard InChI is InChI=1S/C10H3Br2N3O6/c11-2-1-3-4(7(5(2)12)15(20)21)8(16)6(14-19)9(17)10(18)13-3/h1,16H,(H,13,17,18). The third kappa shape index (κ3) is 2.34. The van der Waals surface area contributed by atoms with E-state index in [1.165, 1.54) is 6.07 Å². The van der Waals surface area contributed by atoms with Crippen LogP contribution in [0, 0.1) is 15.0 Å². The molecule has 21 heavy (non-hydrogen) atoms. The Kier molecular flexibility index (Phi) is 3.87. The third-order valence-corrected chi connectivity index (χ3v) is 4.56. The number of H-pyrrole nitrogens is 1. The van der Waals surface area contributed by atoms with Gasteiger partial charge in [0.2, 0.25) is 5.69 Å². The van der Waals surface area contributed by atoms with E-state index in [-0.39, 0.29) is 14.5 Å². The molecule has 1 aromatic heterocycles. The topological polar surface area (TPSA) is 143 Å². The predicted octanol–water partition coefficient (Wildman–Crippen LogP) is 2.42. The molecule has 1 aromatic carbocycles. The number of nitro benzene ring substituents is 1. The molecule has 11 heteroatoms. The lowest BCUT2D eigenvalue weighted by molar-refractivity contribution is -0.383. The molecule has 2 aromatic rings. The fourth-order valence-electron chi connectivity index (χ4n) is 1.72. The molecule has 0 saturated heterocycles. The molecule has 0 unspecified atom stereocenters. The summed E-state index contributed by atoms with van der Waals surface area (Å²) in [6.07, 6.45) is 0. The highest BCUT2D eigenvalue weighted by molar-refractivity contribution is 9.13. The van der Waals surface area contributed by atoms with Crippen molar-refractivity contribution < 1.29 is 10.0 Å². The lowest BCUT2D eigenvalue weighted by Gasteiger charge is -2.03. The molecule has 0 fully saturated rings. The maximum Gasteiger partial charge on any atom is 0.298 e. The molecular weight excluding hydrogens is 418 g/mol. The molecule has 0 bridgehead atoms. The summed E-state index contributed by atoms with van der Waals surface area (Å²) in [4.78, 5) is 46.2. The second-order valence-electron chi connectivity index (χ2n) is 3.77. The molecule has 0 atom stereocenters. The minimum atomic E-state index is -1.39. The van der Waals surface area contributed by atoms with Gasteiger partial charge in [-0.3, -0.25) is 19.7 Å². The fourth-order valence-corrected chi connectivity index (χ4v) is 2.59. The molecule has 108 valence electrons. The van der Waals surface area contributed by atoms with E-state index in [2.05, 4.69) is 42.0 Å². The Morgan fingerprint density at radius 2 is 1.95 bits per heavy atom. The van der Waals surface area contributed by atoms with Gasteiger partial charge in [-0.15, -0.1) is 4.91 Å². The quantitative estimate of drug-likeness (QED) is 0.330. The van der Waals surface area contributed by atoms with Crippen molar-refractivity contribution in [3.05, 3.63) is 50.6 Å². The van der Waals surface area contributed by atoms with Crippen LogP contribution in [0.4, 0.5) is 11.4 Å². The summed E-state index contributed by atoms with van der Waals surface area (Å²) in [6, 6.07) is 1.24. The number of hydrogen-bond donors (Lipinski definition) is 2. The second-order valence-corrected chi connectivity index (χ2v) is 5.42. The lowest BCUT2D eigenvalue weighted by atomic mass is 10.2. The largest absolute Gasteiger partial charge is 0.505 e. The molecule has 0 aliphatic rings. The van der Waals surface area contributed by atoms with Crippen LogP contribution in [-0.4, -0.2) is 15.0 Å². The summed E-state index contributed by atoms with van der Waals surface area (Å²) in [5.74, 6) is -1.04. The first-order valence-electron chi connectivity index (χ1n) is 5.08. The summed E-state index contributed by atoms with van der Waals surface area (Å²) >= 11 is 5.99. The smallest absolute Gasteiger partial charge is 0.298 e. The van der Waals surface area contributed by atoms with Crippen molar-refractivity contribution in [2.45, 2.75) is 0 Å². The minimum absolute atomic E-state index is 0.0355. The number of nitroso groups, excluding NO2 is 1. The maximum atomic E-state index is 11.6. The summed E-state index contributed by atoms with van der Waals surface area (Å²) < 4.78 is 0.169. The summed E-state index contributed by atoms with van der Waals surface area (Å²) in [6.45, 7) is 0. The summed E-state index contributed by atoms with van der Waals surface area (Å²) in [5, 5.41) is 23.0. The molecule has 0 saturated carbocycles. The van der Waals surface area contributed by atoms with Crippen molar-refractivity contribution >= 4 is 54.1 Å². The highest BCUT2D eigenvalue weighted by Gasteiger charge is 2.26. The van der Waals surface area contributed by atoms with Crippen molar-refractivity contribution in [2.75, 3.05) is 0 Å². The van der Waals surface area contributed by atoms with Crippen LogP contribution in [0.3, 0.4) is 0 Å². The van der Waals surface area contributed by atoms with Crippen LogP contribution >= 0.6 is 31.9 Å². The first-order valence-corrected chi connectivity index (χ1v) is 6.67. The molecule has 2 N–H and O–H groups in total. The summed E-state index contributed by atoms with van der Waals surface area (Å²) in [5.41, 5.74) is -4.55. The Balaban J connectivity index is 3.33. The van der Waals surface area contributed by atoms with E-state index >= 15 is 0 Å². The Labute approximate surface area is 131 Å². The third-order valence-electron chi connectivity index (χ3n) is 2.60. The van der Waals surface area contributed by atoms with E-state index in [0.29, 0.717) is 0 Å². The first kappa shape index (κ1) is 15.3. The number of hydrogen-bond acceptors (Lipinski definition) is 7. The van der Waals surface area contributed by atoms with Crippen LogP contribution in [0.15, 0.2) is 29.8 Å². The van der Waals surface area contributed by atoms with Gasteiger partial charge in [0.1, 0.15) is 9.86 Å². The minimum Gasteiger partial charge on any atom is -0.505 e. The number of fused-ring (bicyclic) bond motifs is 1. The van der Waals surface area contributed by atoms with Gasteiger partial charge in [0, 0.05) is 4.47 Å². The Morgan fingerprint density at radius 1 is 1.33 bits per heavy atom. The van der Waals surface area contributed by atoms with Crippen LogP contribution < -0.4 is 11.0 Å². The van der Waals surface area contributed by atoms with Crippen molar-refractivity contribution in [1.29, 1.82) is 0 Å². The van der Waals surface area contributed by atoms with E-state index in [0.717, 1.165) is 0 Å². The Bertz CT molecular complexity index is 923. The highest BCUT2D eigenvalue weighted by atomic mass is 79.9. The SMILES string of the molecule is O=Nc1c(O)c2c([N+](=O)[O-])c(Br)c(Br)cc2[nH]c(=O)c1=O. The van der Waals surface area contributed by atoms with Crippen molar-refractivity contribution in [1.82, 2.24) is 4.98 Å². The van der Waals surface area contributed by atoms with Crippen molar-refractivity contribution in [2.24, 2.45) is 5.18 Å². The fraction of sp³-hybridized carbons (Fsp3) is 0. The van der Waals surface area contributed by atoms with Gasteiger partial charge >= 0.3 is 0 Å².